The highest BCUT2D eigenvalue weighted by atomic mass is 32.1. The van der Waals surface area contributed by atoms with Gasteiger partial charge in [-0.1, -0.05) is 0 Å². The Morgan fingerprint density at radius 1 is 1.47 bits per heavy atom. The Labute approximate surface area is 116 Å². The Hall–Kier alpha value is -1.43. The van der Waals surface area contributed by atoms with E-state index in [2.05, 4.69) is 10.3 Å². The summed E-state index contributed by atoms with van der Waals surface area (Å²) >= 11 is 1.67. The van der Waals surface area contributed by atoms with E-state index in [1.807, 2.05) is 12.3 Å². The van der Waals surface area contributed by atoms with Crippen molar-refractivity contribution in [2.24, 2.45) is 11.8 Å². The first-order valence-corrected chi connectivity index (χ1v) is 7.37. The molecular formula is C13H18N2O3S. The number of nitrogens with one attached hydrogen (secondary N) is 1. The third-order valence-corrected chi connectivity index (χ3v) is 4.25. The van der Waals surface area contributed by atoms with Crippen molar-refractivity contribution in [3.63, 3.8) is 0 Å². The summed E-state index contributed by atoms with van der Waals surface area (Å²) in [5, 5.41) is 14.7. The molecule has 2 N–H and O–H groups in total. The Balaban J connectivity index is 1.55. The topological polar surface area (TPSA) is 79.3 Å². The van der Waals surface area contributed by atoms with Gasteiger partial charge in [0.15, 0.2) is 0 Å². The standard InChI is InChI=1S/C13H18N2O3S/c1-8-7-19-11(15-8)4-2-3-5-14-12(16)9-6-10(9)13(17)18/h7,9-10H,2-6H2,1H3,(H,14,16)(H,17,18)/t9-,10+/m1/s1. The maximum atomic E-state index is 11.6. The second-order valence-corrected chi connectivity index (χ2v) is 5.86. The second-order valence-electron chi connectivity index (χ2n) is 4.92. The molecule has 0 bridgehead atoms. The number of carbonyl (C=O) groups is 2. The van der Waals surface area contributed by atoms with Crippen LogP contribution in [0.4, 0.5) is 0 Å². The third kappa shape index (κ3) is 4.02. The monoisotopic (exact) mass is 282 g/mol. The summed E-state index contributed by atoms with van der Waals surface area (Å²) in [5.41, 5.74) is 1.06. The van der Waals surface area contributed by atoms with Crippen LogP contribution in [0.2, 0.25) is 0 Å². The molecule has 1 aromatic rings. The van der Waals surface area contributed by atoms with Crippen molar-refractivity contribution in [1.82, 2.24) is 10.3 Å². The van der Waals surface area contributed by atoms with Crippen molar-refractivity contribution in [3.05, 3.63) is 16.1 Å². The maximum absolute atomic E-state index is 11.6. The Bertz CT molecular complexity index is 472. The number of carboxylic acid groups (broad SMARTS) is 1. The van der Waals surface area contributed by atoms with Crippen LogP contribution >= 0.6 is 11.3 Å². The average molecular weight is 282 g/mol. The smallest absolute Gasteiger partial charge is 0.307 e. The highest BCUT2D eigenvalue weighted by molar-refractivity contribution is 7.09. The first-order chi connectivity index (χ1) is 9.08. The van der Waals surface area contributed by atoms with E-state index >= 15 is 0 Å². The van der Waals surface area contributed by atoms with E-state index in [0.717, 1.165) is 30.0 Å². The molecule has 1 aliphatic rings. The van der Waals surface area contributed by atoms with E-state index in [-0.39, 0.29) is 11.8 Å². The van der Waals surface area contributed by atoms with Gasteiger partial charge in [0.05, 0.1) is 16.8 Å². The van der Waals surface area contributed by atoms with E-state index in [1.165, 1.54) is 0 Å². The van der Waals surface area contributed by atoms with E-state index < -0.39 is 11.9 Å². The van der Waals surface area contributed by atoms with E-state index in [9.17, 15) is 9.59 Å². The fourth-order valence-corrected chi connectivity index (χ4v) is 2.84. The minimum atomic E-state index is -0.862. The number of unbranched alkanes of at least 4 members (excludes halogenated alkanes) is 1. The molecule has 2 atom stereocenters. The molecule has 1 aromatic heterocycles. The number of nitrogens with zero attached hydrogens (tertiary/aromatic N) is 1. The van der Waals surface area contributed by atoms with Crippen LogP contribution in [0.5, 0.6) is 0 Å². The molecule has 2 rings (SSSR count). The SMILES string of the molecule is Cc1csc(CCCCNC(=O)[C@@H]2C[C@@H]2C(=O)O)n1. The summed E-state index contributed by atoms with van der Waals surface area (Å²) in [4.78, 5) is 26.6. The lowest BCUT2D eigenvalue weighted by Gasteiger charge is -2.03. The molecule has 0 aliphatic heterocycles. The number of carboxylic acids is 1. The van der Waals surface area contributed by atoms with Crippen LogP contribution in [0.15, 0.2) is 5.38 Å². The highest BCUT2D eigenvalue weighted by Crippen LogP contribution is 2.38. The zero-order chi connectivity index (χ0) is 13.8. The van der Waals surface area contributed by atoms with Gasteiger partial charge in [-0.05, 0) is 32.6 Å². The third-order valence-electron chi connectivity index (χ3n) is 3.23. The van der Waals surface area contributed by atoms with Crippen LogP contribution in [0.1, 0.15) is 30.0 Å². The summed E-state index contributed by atoms with van der Waals surface area (Å²) in [6, 6.07) is 0. The molecule has 1 aliphatic carbocycles. The number of carbonyl (C=O) groups excluding carboxylic acids is 1. The zero-order valence-electron chi connectivity index (χ0n) is 10.9. The number of thiazole rings is 1. The summed E-state index contributed by atoms with van der Waals surface area (Å²) in [6.45, 7) is 2.60. The summed E-state index contributed by atoms with van der Waals surface area (Å²) in [5.74, 6) is -1.74. The molecule has 1 saturated carbocycles. The molecule has 0 radical (unpaired) electrons. The molecule has 6 heteroatoms. The predicted octanol–water partition coefficient (Wildman–Crippen LogP) is 1.61. The van der Waals surface area contributed by atoms with Gasteiger partial charge in [-0.15, -0.1) is 11.3 Å². The van der Waals surface area contributed by atoms with Crippen molar-refractivity contribution >= 4 is 23.2 Å². The van der Waals surface area contributed by atoms with E-state index in [1.54, 1.807) is 11.3 Å². The minimum Gasteiger partial charge on any atom is -0.481 e. The maximum Gasteiger partial charge on any atom is 0.307 e. The zero-order valence-corrected chi connectivity index (χ0v) is 11.7. The first kappa shape index (κ1) is 14.0. The van der Waals surface area contributed by atoms with Gasteiger partial charge in [0.25, 0.3) is 0 Å². The predicted molar refractivity (Wildman–Crippen MR) is 72.0 cm³/mol. The molecule has 1 heterocycles. The van der Waals surface area contributed by atoms with Crippen LogP contribution < -0.4 is 5.32 Å². The first-order valence-electron chi connectivity index (χ1n) is 6.49. The molecule has 1 fully saturated rings. The van der Waals surface area contributed by atoms with Gasteiger partial charge in [-0.2, -0.15) is 0 Å². The Kier molecular flexibility index (Phi) is 4.52. The number of aliphatic carboxylic acids is 1. The molecule has 1 amide bonds. The minimum absolute atomic E-state index is 0.113. The molecule has 0 unspecified atom stereocenters. The van der Waals surface area contributed by atoms with Gasteiger partial charge in [0, 0.05) is 17.6 Å². The Morgan fingerprint density at radius 3 is 2.84 bits per heavy atom. The number of aryl methyl sites for hydroxylation is 2. The number of aromatic nitrogens is 1. The van der Waals surface area contributed by atoms with E-state index in [4.69, 9.17) is 5.11 Å². The molecular weight excluding hydrogens is 264 g/mol. The molecule has 5 nitrogen and oxygen atoms in total. The molecule has 0 spiro atoms. The van der Waals surface area contributed by atoms with Crippen molar-refractivity contribution in [2.45, 2.75) is 32.6 Å². The van der Waals surface area contributed by atoms with Crippen molar-refractivity contribution < 1.29 is 14.7 Å². The van der Waals surface area contributed by atoms with E-state index in [0.29, 0.717) is 13.0 Å². The van der Waals surface area contributed by atoms with Crippen molar-refractivity contribution in [2.75, 3.05) is 6.54 Å². The number of hydrogen-bond donors (Lipinski definition) is 2. The lowest BCUT2D eigenvalue weighted by Crippen LogP contribution is -2.27. The highest BCUT2D eigenvalue weighted by Gasteiger charge is 2.48. The average Bonchev–Trinajstić information content (AvgIpc) is 3.07. The fourth-order valence-electron chi connectivity index (χ4n) is 2.02. The van der Waals surface area contributed by atoms with Crippen LogP contribution in [0.25, 0.3) is 0 Å². The quantitative estimate of drug-likeness (QED) is 0.745. The van der Waals surface area contributed by atoms with Crippen molar-refractivity contribution in [1.29, 1.82) is 0 Å². The molecule has 104 valence electrons. The van der Waals surface area contributed by atoms with Crippen LogP contribution in [-0.2, 0) is 16.0 Å². The fraction of sp³-hybridized carbons (Fsp3) is 0.615. The van der Waals surface area contributed by atoms with Gasteiger partial charge in [-0.3, -0.25) is 9.59 Å². The summed E-state index contributed by atoms with van der Waals surface area (Å²) < 4.78 is 0. The summed E-state index contributed by atoms with van der Waals surface area (Å²) in [6.07, 6.45) is 3.31. The van der Waals surface area contributed by atoms with Gasteiger partial charge >= 0.3 is 5.97 Å². The lowest BCUT2D eigenvalue weighted by atomic mass is 10.2. The van der Waals surface area contributed by atoms with Crippen molar-refractivity contribution in [3.8, 4) is 0 Å². The number of amides is 1. The second kappa shape index (κ2) is 6.14. The normalized spacial score (nSPS) is 21.1. The lowest BCUT2D eigenvalue weighted by molar-refractivity contribution is -0.140. The summed E-state index contributed by atoms with van der Waals surface area (Å²) in [7, 11) is 0. The van der Waals surface area contributed by atoms with Crippen LogP contribution in [-0.4, -0.2) is 28.5 Å². The van der Waals surface area contributed by atoms with Crippen LogP contribution in [0.3, 0.4) is 0 Å². The number of rotatable bonds is 7. The van der Waals surface area contributed by atoms with Gasteiger partial charge < -0.3 is 10.4 Å². The molecule has 19 heavy (non-hydrogen) atoms. The number of hydrogen-bond acceptors (Lipinski definition) is 4. The molecule has 0 saturated heterocycles. The van der Waals surface area contributed by atoms with Crippen LogP contribution in [0, 0.1) is 18.8 Å². The van der Waals surface area contributed by atoms with Gasteiger partial charge in [0.2, 0.25) is 5.91 Å². The molecule has 0 aromatic carbocycles. The Morgan fingerprint density at radius 2 is 2.26 bits per heavy atom. The van der Waals surface area contributed by atoms with Gasteiger partial charge in [-0.25, -0.2) is 4.98 Å². The van der Waals surface area contributed by atoms with Gasteiger partial charge in [0.1, 0.15) is 0 Å². The largest absolute Gasteiger partial charge is 0.481 e.